The highest BCUT2D eigenvalue weighted by atomic mass is 32.1. The number of aromatic amines is 1. The molecule has 18 heavy (non-hydrogen) atoms. The molecule has 0 saturated carbocycles. The first-order valence-corrected chi connectivity index (χ1v) is 5.87. The zero-order valence-electron chi connectivity index (χ0n) is 9.59. The van der Waals surface area contributed by atoms with Crippen molar-refractivity contribution in [1.29, 1.82) is 0 Å². The molecular formula is C12H13N3O2S. The SMILES string of the molecule is NC(=O)CCc1[nH]c(=S)n(-c2ccccc2)c1O. The van der Waals surface area contributed by atoms with Crippen molar-refractivity contribution >= 4 is 18.1 Å². The molecule has 0 unspecified atom stereocenters. The molecule has 0 aliphatic heterocycles. The van der Waals surface area contributed by atoms with E-state index in [1.807, 2.05) is 30.3 Å². The number of para-hydroxylation sites is 1. The number of carbonyl (C=O) groups is 1. The third kappa shape index (κ3) is 2.43. The van der Waals surface area contributed by atoms with E-state index in [4.69, 9.17) is 18.0 Å². The number of amides is 1. The second-order valence-corrected chi connectivity index (χ2v) is 4.26. The van der Waals surface area contributed by atoms with Crippen molar-refractivity contribution in [3.63, 3.8) is 0 Å². The van der Waals surface area contributed by atoms with Gasteiger partial charge in [-0.05, 0) is 24.4 Å². The summed E-state index contributed by atoms with van der Waals surface area (Å²) in [5.41, 5.74) is 6.36. The Bertz CT molecular complexity index is 616. The highest BCUT2D eigenvalue weighted by molar-refractivity contribution is 7.71. The average Bonchev–Trinajstić information content (AvgIpc) is 2.63. The maximum absolute atomic E-state index is 10.7. The zero-order valence-corrected chi connectivity index (χ0v) is 10.4. The number of nitrogens with one attached hydrogen (secondary N) is 1. The van der Waals surface area contributed by atoms with Crippen LogP contribution in [0.4, 0.5) is 0 Å². The van der Waals surface area contributed by atoms with Gasteiger partial charge in [-0.3, -0.25) is 9.36 Å². The van der Waals surface area contributed by atoms with Crippen molar-refractivity contribution in [2.75, 3.05) is 0 Å². The molecule has 1 heterocycles. The summed E-state index contributed by atoms with van der Waals surface area (Å²) in [5, 5.41) is 10.1. The van der Waals surface area contributed by atoms with Gasteiger partial charge in [-0.25, -0.2) is 0 Å². The number of aromatic nitrogens is 2. The molecule has 1 aromatic heterocycles. The highest BCUT2D eigenvalue weighted by Crippen LogP contribution is 2.23. The summed E-state index contributed by atoms with van der Waals surface area (Å²) < 4.78 is 1.91. The molecule has 4 N–H and O–H groups in total. The summed E-state index contributed by atoms with van der Waals surface area (Å²) in [4.78, 5) is 13.6. The van der Waals surface area contributed by atoms with Gasteiger partial charge >= 0.3 is 0 Å². The molecule has 0 saturated heterocycles. The van der Waals surface area contributed by atoms with Crippen LogP contribution in [0.25, 0.3) is 5.69 Å². The van der Waals surface area contributed by atoms with Gasteiger partial charge in [0.05, 0.1) is 11.4 Å². The molecule has 0 aliphatic rings. The van der Waals surface area contributed by atoms with Gasteiger partial charge in [0.1, 0.15) is 0 Å². The number of nitrogens with zero attached hydrogens (tertiary/aromatic N) is 1. The third-order valence-corrected chi connectivity index (χ3v) is 2.86. The first kappa shape index (κ1) is 12.4. The molecule has 6 heteroatoms. The predicted molar refractivity (Wildman–Crippen MR) is 70.1 cm³/mol. The predicted octanol–water partition coefficient (Wildman–Crippen LogP) is 1.66. The number of carbonyl (C=O) groups excluding carboxylic acids is 1. The smallest absolute Gasteiger partial charge is 0.218 e. The Labute approximate surface area is 109 Å². The molecule has 0 fully saturated rings. The molecule has 0 spiro atoms. The number of primary amides is 1. The van der Waals surface area contributed by atoms with Crippen LogP contribution in [0, 0.1) is 4.77 Å². The van der Waals surface area contributed by atoms with Crippen molar-refractivity contribution in [3.05, 3.63) is 40.8 Å². The minimum Gasteiger partial charge on any atom is -0.493 e. The van der Waals surface area contributed by atoms with Gasteiger partial charge in [-0.2, -0.15) is 0 Å². The van der Waals surface area contributed by atoms with E-state index in [1.54, 1.807) is 0 Å². The maximum atomic E-state index is 10.7. The first-order chi connectivity index (χ1) is 8.59. The van der Waals surface area contributed by atoms with Gasteiger partial charge in [0, 0.05) is 12.8 Å². The van der Waals surface area contributed by atoms with E-state index < -0.39 is 5.91 Å². The lowest BCUT2D eigenvalue weighted by molar-refractivity contribution is -0.118. The summed E-state index contributed by atoms with van der Waals surface area (Å²) in [5.74, 6) is -0.395. The van der Waals surface area contributed by atoms with Crippen LogP contribution < -0.4 is 5.73 Å². The maximum Gasteiger partial charge on any atom is 0.218 e. The molecular weight excluding hydrogens is 250 g/mol. The Morgan fingerprint density at radius 2 is 2.06 bits per heavy atom. The van der Waals surface area contributed by atoms with E-state index in [9.17, 15) is 9.90 Å². The molecule has 0 bridgehead atoms. The Balaban J connectivity index is 2.39. The lowest BCUT2D eigenvalue weighted by Gasteiger charge is -2.04. The average molecular weight is 263 g/mol. The topological polar surface area (TPSA) is 84.0 Å². The number of hydrogen-bond donors (Lipinski definition) is 3. The van der Waals surface area contributed by atoms with Gasteiger partial charge in [-0.15, -0.1) is 0 Å². The molecule has 1 aromatic carbocycles. The zero-order chi connectivity index (χ0) is 13.1. The van der Waals surface area contributed by atoms with Crippen LogP contribution in [-0.2, 0) is 11.2 Å². The van der Waals surface area contributed by atoms with Crippen molar-refractivity contribution in [2.24, 2.45) is 5.73 Å². The number of rotatable bonds is 4. The van der Waals surface area contributed by atoms with E-state index in [-0.39, 0.29) is 12.3 Å². The number of hydrogen-bond acceptors (Lipinski definition) is 3. The summed E-state index contributed by atoms with van der Waals surface area (Å²) in [6.45, 7) is 0. The van der Waals surface area contributed by atoms with Crippen molar-refractivity contribution in [3.8, 4) is 11.6 Å². The molecule has 2 rings (SSSR count). The summed E-state index contributed by atoms with van der Waals surface area (Å²) in [7, 11) is 0. The largest absolute Gasteiger partial charge is 0.493 e. The quantitative estimate of drug-likeness (QED) is 0.733. The third-order valence-electron chi connectivity index (χ3n) is 2.58. The van der Waals surface area contributed by atoms with Crippen molar-refractivity contribution in [1.82, 2.24) is 9.55 Å². The number of imidazole rings is 1. The van der Waals surface area contributed by atoms with E-state index in [0.717, 1.165) is 5.69 Å². The monoisotopic (exact) mass is 263 g/mol. The number of aryl methyl sites for hydroxylation is 1. The molecule has 0 radical (unpaired) electrons. The van der Waals surface area contributed by atoms with Gasteiger partial charge in [0.25, 0.3) is 0 Å². The molecule has 94 valence electrons. The Hall–Kier alpha value is -2.08. The lowest BCUT2D eigenvalue weighted by Crippen LogP contribution is -2.11. The minimum absolute atomic E-state index is 0.0208. The van der Waals surface area contributed by atoms with E-state index >= 15 is 0 Å². The summed E-state index contributed by atoms with van der Waals surface area (Å²) in [6, 6.07) is 9.26. The highest BCUT2D eigenvalue weighted by Gasteiger charge is 2.12. The van der Waals surface area contributed by atoms with Gasteiger partial charge in [-0.1, -0.05) is 18.2 Å². The van der Waals surface area contributed by atoms with Gasteiger partial charge in [0.2, 0.25) is 11.8 Å². The van der Waals surface area contributed by atoms with Crippen LogP contribution in [0.1, 0.15) is 12.1 Å². The Kier molecular flexibility index (Phi) is 3.47. The van der Waals surface area contributed by atoms with Crippen LogP contribution in [0.15, 0.2) is 30.3 Å². The second kappa shape index (κ2) is 5.05. The first-order valence-electron chi connectivity index (χ1n) is 5.46. The number of benzene rings is 1. The number of H-pyrrole nitrogens is 1. The molecule has 5 nitrogen and oxygen atoms in total. The summed E-state index contributed by atoms with van der Waals surface area (Å²) >= 11 is 5.15. The van der Waals surface area contributed by atoms with Crippen molar-refractivity contribution in [2.45, 2.75) is 12.8 Å². The minimum atomic E-state index is -0.416. The molecule has 0 atom stereocenters. The lowest BCUT2D eigenvalue weighted by atomic mass is 10.2. The van der Waals surface area contributed by atoms with E-state index in [2.05, 4.69) is 4.98 Å². The second-order valence-electron chi connectivity index (χ2n) is 3.87. The fourth-order valence-corrected chi connectivity index (χ4v) is 2.03. The van der Waals surface area contributed by atoms with Crippen molar-refractivity contribution < 1.29 is 9.90 Å². The van der Waals surface area contributed by atoms with Crippen LogP contribution in [0.3, 0.4) is 0 Å². The molecule has 0 aliphatic carbocycles. The molecule has 2 aromatic rings. The van der Waals surface area contributed by atoms with Crippen LogP contribution in [0.2, 0.25) is 0 Å². The Morgan fingerprint density at radius 1 is 1.39 bits per heavy atom. The summed E-state index contributed by atoms with van der Waals surface area (Å²) in [6.07, 6.45) is 0.502. The van der Waals surface area contributed by atoms with Crippen LogP contribution in [-0.4, -0.2) is 20.6 Å². The van der Waals surface area contributed by atoms with Crippen LogP contribution in [0.5, 0.6) is 5.88 Å². The fourth-order valence-electron chi connectivity index (χ4n) is 1.71. The van der Waals surface area contributed by atoms with Gasteiger partial charge in [0.15, 0.2) is 4.77 Å². The number of aromatic hydroxyl groups is 1. The standard InChI is InChI=1S/C12H13N3O2S/c13-10(16)7-6-9-11(17)15(12(18)14-9)8-4-2-1-3-5-8/h1-5,17H,6-7H2,(H2,13,16)(H,14,18). The van der Waals surface area contributed by atoms with Gasteiger partial charge < -0.3 is 15.8 Å². The molecule has 1 amide bonds. The van der Waals surface area contributed by atoms with Crippen LogP contribution >= 0.6 is 12.2 Å². The van der Waals surface area contributed by atoms with E-state index in [1.165, 1.54) is 4.57 Å². The Morgan fingerprint density at radius 3 is 2.67 bits per heavy atom. The normalized spacial score (nSPS) is 10.4. The van der Waals surface area contributed by atoms with E-state index in [0.29, 0.717) is 16.9 Å². The number of nitrogens with two attached hydrogens (primary N) is 1. The fraction of sp³-hybridized carbons (Fsp3) is 0.167.